The molecule has 5 nitrogen and oxygen atoms in total. The van der Waals surface area contributed by atoms with Crippen LogP contribution in [0.4, 0.5) is 4.39 Å². The van der Waals surface area contributed by atoms with Crippen molar-refractivity contribution in [1.82, 2.24) is 20.6 Å². The second-order valence-corrected chi connectivity index (χ2v) is 6.00. The molecule has 0 unspecified atom stereocenters. The van der Waals surface area contributed by atoms with E-state index in [1.807, 2.05) is 0 Å². The number of benzene rings is 1. The first-order valence-corrected chi connectivity index (χ1v) is 7.19. The van der Waals surface area contributed by atoms with Gasteiger partial charge in [-0.2, -0.15) is 0 Å². The molecule has 3 rings (SSSR count). The molecule has 0 bridgehead atoms. The van der Waals surface area contributed by atoms with Crippen LogP contribution < -0.4 is 10.6 Å². The summed E-state index contributed by atoms with van der Waals surface area (Å²) < 4.78 is 13.6. The summed E-state index contributed by atoms with van der Waals surface area (Å²) in [5.74, 6) is -0.712. The summed E-state index contributed by atoms with van der Waals surface area (Å²) in [6, 6.07) is 2.58. The number of hydrogen-bond acceptors (Lipinski definition) is 3. The van der Waals surface area contributed by atoms with Gasteiger partial charge in [-0.25, -0.2) is 9.37 Å². The molecule has 2 heterocycles. The van der Waals surface area contributed by atoms with Crippen molar-refractivity contribution in [3.8, 4) is 0 Å². The third-order valence-corrected chi connectivity index (χ3v) is 4.22. The summed E-state index contributed by atoms with van der Waals surface area (Å²) in [7, 11) is 0. The SMILES string of the molecule is CC1(CNC(=O)c2cc(F)cc3[nH]cnc23)CCNCC1.Cl.Cl. The predicted octanol–water partition coefficient (Wildman–Crippen LogP) is 2.67. The highest BCUT2D eigenvalue weighted by Crippen LogP contribution is 2.27. The molecule has 3 N–H and O–H groups in total. The van der Waals surface area contributed by atoms with Gasteiger partial charge in [0, 0.05) is 6.54 Å². The Morgan fingerprint density at radius 1 is 1.35 bits per heavy atom. The maximum absolute atomic E-state index is 13.6. The maximum atomic E-state index is 13.6. The molecule has 1 fully saturated rings. The number of amides is 1. The molecule has 0 atom stereocenters. The van der Waals surface area contributed by atoms with Gasteiger partial charge in [-0.3, -0.25) is 4.79 Å². The number of rotatable bonds is 3. The third kappa shape index (κ3) is 4.34. The van der Waals surface area contributed by atoms with Crippen LogP contribution >= 0.6 is 24.8 Å². The average Bonchev–Trinajstić information content (AvgIpc) is 2.93. The Morgan fingerprint density at radius 2 is 2.04 bits per heavy atom. The number of imidazole rings is 1. The fourth-order valence-corrected chi connectivity index (χ4v) is 2.78. The Morgan fingerprint density at radius 3 is 2.74 bits per heavy atom. The van der Waals surface area contributed by atoms with E-state index in [2.05, 4.69) is 27.5 Å². The normalized spacial score (nSPS) is 16.3. The molecule has 23 heavy (non-hydrogen) atoms. The highest BCUT2D eigenvalue weighted by Gasteiger charge is 2.27. The van der Waals surface area contributed by atoms with Crippen LogP contribution in [-0.2, 0) is 0 Å². The van der Waals surface area contributed by atoms with E-state index in [-0.39, 0.29) is 41.7 Å². The number of carbonyl (C=O) groups excluding carboxylic acids is 1. The number of aromatic amines is 1. The molecule has 128 valence electrons. The largest absolute Gasteiger partial charge is 0.351 e. The number of aromatic nitrogens is 2. The molecule has 0 spiro atoms. The standard InChI is InChI=1S/C15H19FN4O.2ClH/c1-15(2-4-17-5-3-15)8-18-14(21)11-6-10(16)7-12-13(11)20-9-19-12;;/h6-7,9,17H,2-5,8H2,1H3,(H,18,21)(H,19,20);2*1H. The average molecular weight is 363 g/mol. The number of nitrogens with zero attached hydrogens (tertiary/aromatic N) is 1. The van der Waals surface area contributed by atoms with Crippen molar-refractivity contribution in [3.05, 3.63) is 29.8 Å². The lowest BCUT2D eigenvalue weighted by Crippen LogP contribution is -2.42. The molecular weight excluding hydrogens is 342 g/mol. The van der Waals surface area contributed by atoms with Crippen LogP contribution in [0.15, 0.2) is 18.5 Å². The molecule has 8 heteroatoms. The molecule has 1 amide bonds. The zero-order valence-electron chi connectivity index (χ0n) is 12.8. The minimum atomic E-state index is -0.440. The topological polar surface area (TPSA) is 69.8 Å². The van der Waals surface area contributed by atoms with Gasteiger partial charge in [-0.15, -0.1) is 24.8 Å². The first-order valence-electron chi connectivity index (χ1n) is 7.19. The van der Waals surface area contributed by atoms with Crippen LogP contribution in [0.2, 0.25) is 0 Å². The second-order valence-electron chi connectivity index (χ2n) is 6.00. The van der Waals surface area contributed by atoms with E-state index in [9.17, 15) is 9.18 Å². The molecule has 0 aliphatic carbocycles. The molecule has 2 aromatic rings. The van der Waals surface area contributed by atoms with Crippen molar-refractivity contribution >= 4 is 41.8 Å². The third-order valence-electron chi connectivity index (χ3n) is 4.22. The molecule has 0 radical (unpaired) electrons. The lowest BCUT2D eigenvalue weighted by molar-refractivity contribution is 0.0923. The highest BCUT2D eigenvalue weighted by atomic mass is 35.5. The fourth-order valence-electron chi connectivity index (χ4n) is 2.78. The number of halogens is 3. The highest BCUT2D eigenvalue weighted by molar-refractivity contribution is 6.04. The summed E-state index contributed by atoms with van der Waals surface area (Å²) in [6.45, 7) is 4.70. The first kappa shape index (κ1) is 19.7. The van der Waals surface area contributed by atoms with E-state index in [0.29, 0.717) is 17.6 Å². The summed E-state index contributed by atoms with van der Waals surface area (Å²) >= 11 is 0. The van der Waals surface area contributed by atoms with E-state index in [0.717, 1.165) is 25.9 Å². The van der Waals surface area contributed by atoms with Crippen molar-refractivity contribution in [2.45, 2.75) is 19.8 Å². The summed E-state index contributed by atoms with van der Waals surface area (Å²) in [4.78, 5) is 19.3. The predicted molar refractivity (Wildman–Crippen MR) is 93.1 cm³/mol. The van der Waals surface area contributed by atoms with Gasteiger partial charge < -0.3 is 15.6 Å². The van der Waals surface area contributed by atoms with Gasteiger partial charge in [0.1, 0.15) is 11.3 Å². The van der Waals surface area contributed by atoms with Gasteiger partial charge in [0.15, 0.2) is 0 Å². The van der Waals surface area contributed by atoms with Crippen LogP contribution in [0.25, 0.3) is 11.0 Å². The molecule has 1 aliphatic heterocycles. The molecule has 1 saturated heterocycles. The van der Waals surface area contributed by atoms with Crippen LogP contribution in [0, 0.1) is 11.2 Å². The molecule has 0 saturated carbocycles. The smallest absolute Gasteiger partial charge is 0.253 e. The van der Waals surface area contributed by atoms with E-state index >= 15 is 0 Å². The Balaban J connectivity index is 0.00000132. The van der Waals surface area contributed by atoms with Crippen molar-refractivity contribution < 1.29 is 9.18 Å². The maximum Gasteiger partial charge on any atom is 0.253 e. The van der Waals surface area contributed by atoms with Gasteiger partial charge in [-0.1, -0.05) is 6.92 Å². The van der Waals surface area contributed by atoms with Crippen LogP contribution in [0.5, 0.6) is 0 Å². The van der Waals surface area contributed by atoms with Crippen molar-refractivity contribution in [3.63, 3.8) is 0 Å². The minimum Gasteiger partial charge on any atom is -0.351 e. The fraction of sp³-hybridized carbons (Fsp3) is 0.467. The van der Waals surface area contributed by atoms with Crippen LogP contribution in [0.1, 0.15) is 30.1 Å². The van der Waals surface area contributed by atoms with Crippen LogP contribution in [-0.4, -0.2) is 35.5 Å². The zero-order chi connectivity index (χ0) is 14.9. The van der Waals surface area contributed by atoms with Crippen molar-refractivity contribution in [2.24, 2.45) is 5.41 Å². The number of nitrogens with one attached hydrogen (secondary N) is 3. The number of H-pyrrole nitrogens is 1. The van der Waals surface area contributed by atoms with E-state index in [1.54, 1.807) is 0 Å². The van der Waals surface area contributed by atoms with Gasteiger partial charge in [0.25, 0.3) is 5.91 Å². The van der Waals surface area contributed by atoms with Crippen LogP contribution in [0.3, 0.4) is 0 Å². The van der Waals surface area contributed by atoms with Crippen molar-refractivity contribution in [2.75, 3.05) is 19.6 Å². The van der Waals surface area contributed by atoms with Gasteiger partial charge in [0.05, 0.1) is 17.4 Å². The van der Waals surface area contributed by atoms with Crippen molar-refractivity contribution in [1.29, 1.82) is 0 Å². The number of carbonyl (C=O) groups is 1. The number of hydrogen-bond donors (Lipinski definition) is 3. The number of fused-ring (bicyclic) bond motifs is 1. The Kier molecular flexibility index (Phi) is 6.80. The Labute approximate surface area is 146 Å². The van der Waals surface area contributed by atoms with Gasteiger partial charge in [0.2, 0.25) is 0 Å². The summed E-state index contributed by atoms with van der Waals surface area (Å²) in [5, 5.41) is 6.24. The molecular formula is C15H21Cl2FN4O. The van der Waals surface area contributed by atoms with E-state index in [4.69, 9.17) is 0 Å². The molecule has 1 aromatic carbocycles. The lowest BCUT2D eigenvalue weighted by Gasteiger charge is -2.34. The first-order chi connectivity index (χ1) is 10.1. The quantitative estimate of drug-likeness (QED) is 0.785. The van der Waals surface area contributed by atoms with E-state index in [1.165, 1.54) is 18.5 Å². The Hall–Kier alpha value is -1.37. The van der Waals surface area contributed by atoms with Gasteiger partial charge in [-0.05, 0) is 43.5 Å². The van der Waals surface area contributed by atoms with Gasteiger partial charge >= 0.3 is 0 Å². The zero-order valence-corrected chi connectivity index (χ0v) is 14.5. The lowest BCUT2D eigenvalue weighted by atomic mass is 9.81. The monoisotopic (exact) mass is 362 g/mol. The summed E-state index contributed by atoms with van der Waals surface area (Å²) in [5.41, 5.74) is 1.42. The minimum absolute atomic E-state index is 0. The van der Waals surface area contributed by atoms with E-state index < -0.39 is 5.82 Å². The second kappa shape index (κ2) is 7.95. The Bertz CT molecular complexity index is 671. The molecule has 1 aliphatic rings. The number of piperidine rings is 1. The summed E-state index contributed by atoms with van der Waals surface area (Å²) in [6.07, 6.45) is 3.51. The molecule has 1 aromatic heterocycles.